The first kappa shape index (κ1) is 10.7. The van der Waals surface area contributed by atoms with Crippen LogP contribution in [0, 0.1) is 0 Å². The molecule has 0 saturated heterocycles. The van der Waals surface area contributed by atoms with Crippen molar-refractivity contribution in [1.82, 2.24) is 5.32 Å². The molecule has 0 aliphatic heterocycles. The van der Waals surface area contributed by atoms with E-state index in [1.54, 1.807) is 0 Å². The van der Waals surface area contributed by atoms with E-state index in [-0.39, 0.29) is 0 Å². The fourth-order valence-corrected chi connectivity index (χ4v) is 2.11. The van der Waals surface area contributed by atoms with Gasteiger partial charge in [0, 0.05) is 17.6 Å². The van der Waals surface area contributed by atoms with Gasteiger partial charge in [-0.1, -0.05) is 48.5 Å². The SMILES string of the molecule is C=C(Cl)CNC1CC(c2ccccc2)C1. The lowest BCUT2D eigenvalue weighted by atomic mass is 9.76. The van der Waals surface area contributed by atoms with E-state index >= 15 is 0 Å². The van der Waals surface area contributed by atoms with Crippen molar-refractivity contribution in [3.05, 3.63) is 47.5 Å². The molecular weight excluding hydrogens is 206 g/mol. The minimum Gasteiger partial charge on any atom is -0.309 e. The molecule has 80 valence electrons. The van der Waals surface area contributed by atoms with Crippen molar-refractivity contribution >= 4 is 11.6 Å². The summed E-state index contributed by atoms with van der Waals surface area (Å²) in [4.78, 5) is 0. The van der Waals surface area contributed by atoms with Crippen LogP contribution in [-0.4, -0.2) is 12.6 Å². The Morgan fingerprint density at radius 3 is 2.60 bits per heavy atom. The Morgan fingerprint density at radius 2 is 2.00 bits per heavy atom. The van der Waals surface area contributed by atoms with Crippen LogP contribution in [0.15, 0.2) is 41.9 Å². The summed E-state index contributed by atoms with van der Waals surface area (Å²) in [5, 5.41) is 4.08. The molecule has 1 aromatic carbocycles. The molecule has 0 radical (unpaired) electrons. The summed E-state index contributed by atoms with van der Waals surface area (Å²) in [6.07, 6.45) is 2.43. The summed E-state index contributed by atoms with van der Waals surface area (Å²) < 4.78 is 0. The molecule has 0 unspecified atom stereocenters. The number of hydrogen-bond donors (Lipinski definition) is 1. The van der Waals surface area contributed by atoms with E-state index in [0.29, 0.717) is 11.1 Å². The number of hydrogen-bond acceptors (Lipinski definition) is 1. The van der Waals surface area contributed by atoms with Crippen LogP contribution in [0.5, 0.6) is 0 Å². The smallest absolute Gasteiger partial charge is 0.0310 e. The van der Waals surface area contributed by atoms with E-state index in [1.807, 2.05) is 0 Å². The van der Waals surface area contributed by atoms with Gasteiger partial charge in [-0.05, 0) is 24.3 Å². The summed E-state index contributed by atoms with van der Waals surface area (Å²) in [5.41, 5.74) is 1.46. The van der Waals surface area contributed by atoms with Gasteiger partial charge in [-0.2, -0.15) is 0 Å². The zero-order valence-corrected chi connectivity index (χ0v) is 9.50. The van der Waals surface area contributed by atoms with Crippen molar-refractivity contribution in [3.63, 3.8) is 0 Å². The molecular formula is C13H16ClN. The maximum Gasteiger partial charge on any atom is 0.0310 e. The summed E-state index contributed by atoms with van der Waals surface area (Å²) in [6.45, 7) is 4.40. The Kier molecular flexibility index (Phi) is 3.45. The van der Waals surface area contributed by atoms with Crippen molar-refractivity contribution in [3.8, 4) is 0 Å². The molecule has 2 rings (SSSR count). The highest BCUT2D eigenvalue weighted by Crippen LogP contribution is 2.36. The molecule has 1 aliphatic rings. The quantitative estimate of drug-likeness (QED) is 0.823. The molecule has 0 spiro atoms. The molecule has 15 heavy (non-hydrogen) atoms. The highest BCUT2D eigenvalue weighted by molar-refractivity contribution is 6.29. The number of nitrogens with one attached hydrogen (secondary N) is 1. The first-order valence-corrected chi connectivity index (χ1v) is 5.75. The summed E-state index contributed by atoms with van der Waals surface area (Å²) in [7, 11) is 0. The van der Waals surface area contributed by atoms with Crippen LogP contribution in [0.25, 0.3) is 0 Å². The van der Waals surface area contributed by atoms with Gasteiger partial charge in [0.25, 0.3) is 0 Å². The molecule has 0 atom stereocenters. The lowest BCUT2D eigenvalue weighted by molar-refractivity contribution is 0.299. The third-order valence-electron chi connectivity index (χ3n) is 2.99. The van der Waals surface area contributed by atoms with Crippen molar-refractivity contribution in [2.75, 3.05) is 6.54 Å². The van der Waals surface area contributed by atoms with Gasteiger partial charge in [0.1, 0.15) is 0 Å². The normalized spacial score (nSPS) is 24.6. The van der Waals surface area contributed by atoms with Crippen LogP contribution in [-0.2, 0) is 0 Å². The summed E-state index contributed by atoms with van der Waals surface area (Å²) in [6, 6.07) is 11.3. The molecule has 0 amide bonds. The standard InChI is InChI=1S/C13H16ClN/c1-10(14)9-15-13-7-12(8-13)11-5-3-2-4-6-11/h2-6,12-13,15H,1,7-9H2. The largest absolute Gasteiger partial charge is 0.309 e. The van der Waals surface area contributed by atoms with Crippen molar-refractivity contribution in [1.29, 1.82) is 0 Å². The Balaban J connectivity index is 1.76. The fourth-order valence-electron chi connectivity index (χ4n) is 2.04. The monoisotopic (exact) mass is 221 g/mol. The topological polar surface area (TPSA) is 12.0 Å². The molecule has 1 nitrogen and oxygen atoms in total. The van der Waals surface area contributed by atoms with Crippen LogP contribution in [0.1, 0.15) is 24.3 Å². The minimum atomic E-state index is 0.616. The van der Waals surface area contributed by atoms with Crippen LogP contribution >= 0.6 is 11.6 Å². The van der Waals surface area contributed by atoms with E-state index in [2.05, 4.69) is 42.2 Å². The van der Waals surface area contributed by atoms with Crippen molar-refractivity contribution in [2.24, 2.45) is 0 Å². The summed E-state index contributed by atoms with van der Waals surface area (Å²) in [5.74, 6) is 0.729. The number of halogens is 1. The molecule has 2 heteroatoms. The average Bonchev–Trinajstić information content (AvgIpc) is 2.16. The highest BCUT2D eigenvalue weighted by atomic mass is 35.5. The van der Waals surface area contributed by atoms with Crippen LogP contribution in [0.3, 0.4) is 0 Å². The fraction of sp³-hybridized carbons (Fsp3) is 0.385. The first-order valence-electron chi connectivity index (χ1n) is 5.37. The average molecular weight is 222 g/mol. The summed E-state index contributed by atoms with van der Waals surface area (Å²) >= 11 is 5.70. The van der Waals surface area contributed by atoms with E-state index < -0.39 is 0 Å². The van der Waals surface area contributed by atoms with E-state index in [1.165, 1.54) is 18.4 Å². The zero-order valence-electron chi connectivity index (χ0n) is 8.75. The molecule has 0 aromatic heterocycles. The molecule has 1 saturated carbocycles. The Labute approximate surface area is 96.1 Å². The first-order chi connectivity index (χ1) is 7.25. The van der Waals surface area contributed by atoms with Crippen LogP contribution in [0.4, 0.5) is 0 Å². The number of benzene rings is 1. The van der Waals surface area contributed by atoms with Gasteiger partial charge in [0.2, 0.25) is 0 Å². The van der Waals surface area contributed by atoms with E-state index in [0.717, 1.165) is 12.5 Å². The van der Waals surface area contributed by atoms with Crippen LogP contribution in [0.2, 0.25) is 0 Å². The maximum absolute atomic E-state index is 5.70. The lowest BCUT2D eigenvalue weighted by Crippen LogP contribution is -2.40. The second-order valence-corrected chi connectivity index (χ2v) is 4.71. The van der Waals surface area contributed by atoms with Gasteiger partial charge in [0.05, 0.1) is 0 Å². The zero-order chi connectivity index (χ0) is 10.7. The lowest BCUT2D eigenvalue weighted by Gasteiger charge is -2.36. The molecule has 1 aromatic rings. The second kappa shape index (κ2) is 4.82. The highest BCUT2D eigenvalue weighted by Gasteiger charge is 2.29. The third-order valence-corrected chi connectivity index (χ3v) is 3.13. The van der Waals surface area contributed by atoms with Gasteiger partial charge in [-0.15, -0.1) is 0 Å². The Morgan fingerprint density at radius 1 is 1.33 bits per heavy atom. The second-order valence-electron chi connectivity index (χ2n) is 4.17. The van der Waals surface area contributed by atoms with E-state index in [4.69, 9.17) is 11.6 Å². The Hall–Kier alpha value is -0.790. The molecule has 1 aliphatic carbocycles. The minimum absolute atomic E-state index is 0.616. The molecule has 1 N–H and O–H groups in total. The van der Waals surface area contributed by atoms with Crippen molar-refractivity contribution in [2.45, 2.75) is 24.8 Å². The predicted octanol–water partition coefficient (Wildman–Crippen LogP) is 3.27. The third kappa shape index (κ3) is 2.83. The van der Waals surface area contributed by atoms with Gasteiger partial charge >= 0.3 is 0 Å². The van der Waals surface area contributed by atoms with Gasteiger partial charge in [0.15, 0.2) is 0 Å². The molecule has 0 heterocycles. The molecule has 0 bridgehead atoms. The van der Waals surface area contributed by atoms with Crippen molar-refractivity contribution < 1.29 is 0 Å². The van der Waals surface area contributed by atoms with Crippen LogP contribution < -0.4 is 5.32 Å². The van der Waals surface area contributed by atoms with Gasteiger partial charge in [-0.3, -0.25) is 0 Å². The van der Waals surface area contributed by atoms with Gasteiger partial charge in [-0.25, -0.2) is 0 Å². The Bertz CT molecular complexity index is 328. The van der Waals surface area contributed by atoms with E-state index in [9.17, 15) is 0 Å². The molecule has 1 fully saturated rings. The number of rotatable bonds is 4. The maximum atomic E-state index is 5.70. The van der Waals surface area contributed by atoms with Gasteiger partial charge < -0.3 is 5.32 Å². The predicted molar refractivity (Wildman–Crippen MR) is 65.2 cm³/mol.